The zero-order chi connectivity index (χ0) is 19.8. The van der Waals surface area contributed by atoms with Gasteiger partial charge in [-0.3, -0.25) is 9.89 Å². The Morgan fingerprint density at radius 1 is 1.34 bits per heavy atom. The first-order chi connectivity index (χ1) is 14.2. The first kappa shape index (κ1) is 18.1. The Hall–Kier alpha value is -2.90. The lowest BCUT2D eigenvalue weighted by molar-refractivity contribution is 0.0855. The smallest absolute Gasteiger partial charge is 0.255 e. The normalized spacial score (nSPS) is 16.5. The minimum absolute atomic E-state index is 0.0942. The number of amides is 1. The second-order valence-electron chi connectivity index (χ2n) is 7.16. The minimum atomic E-state index is -0.164. The standard InChI is InChI=1S/C22H21N3O3S/c1-27-18-11-17-15(10-16(18)22(26)23-12-14-6-4-8-28-14)21(25-24-17)20-9-13-5-2-3-7-19(13)29-20/h2-3,5,7,9-11,14H,4,6,8,12H2,1H3,(H,23,26)(H,24,25). The van der Waals surface area contributed by atoms with E-state index in [0.29, 0.717) is 17.9 Å². The van der Waals surface area contributed by atoms with Gasteiger partial charge in [0, 0.05) is 29.3 Å². The summed E-state index contributed by atoms with van der Waals surface area (Å²) in [5.41, 5.74) is 2.18. The molecule has 2 aromatic heterocycles. The molecule has 0 radical (unpaired) electrons. The van der Waals surface area contributed by atoms with Crippen molar-refractivity contribution in [1.29, 1.82) is 0 Å². The molecular formula is C22H21N3O3S. The number of fused-ring (bicyclic) bond motifs is 2. The number of aromatic nitrogens is 2. The summed E-state index contributed by atoms with van der Waals surface area (Å²) in [4.78, 5) is 13.9. The predicted molar refractivity (Wildman–Crippen MR) is 115 cm³/mol. The van der Waals surface area contributed by atoms with Crippen LogP contribution < -0.4 is 10.1 Å². The van der Waals surface area contributed by atoms with E-state index in [1.807, 2.05) is 24.3 Å². The zero-order valence-electron chi connectivity index (χ0n) is 16.0. The molecule has 29 heavy (non-hydrogen) atoms. The largest absolute Gasteiger partial charge is 0.496 e. The second-order valence-corrected chi connectivity index (χ2v) is 8.25. The summed E-state index contributed by atoms with van der Waals surface area (Å²) in [6.07, 6.45) is 2.12. The van der Waals surface area contributed by atoms with Crippen LogP contribution in [0.1, 0.15) is 23.2 Å². The number of carbonyl (C=O) groups is 1. The van der Waals surface area contributed by atoms with Crippen LogP contribution in [0, 0.1) is 0 Å². The second kappa shape index (κ2) is 7.50. The van der Waals surface area contributed by atoms with Gasteiger partial charge in [-0.2, -0.15) is 5.10 Å². The third kappa shape index (κ3) is 3.36. The number of hydrogen-bond acceptors (Lipinski definition) is 5. The number of nitrogens with one attached hydrogen (secondary N) is 2. The molecule has 1 aliphatic heterocycles. The number of nitrogens with zero attached hydrogens (tertiary/aromatic N) is 1. The molecule has 0 bridgehead atoms. The lowest BCUT2D eigenvalue weighted by atomic mass is 10.1. The first-order valence-corrected chi connectivity index (χ1v) is 10.5. The van der Waals surface area contributed by atoms with E-state index < -0.39 is 0 Å². The third-order valence-corrected chi connectivity index (χ3v) is 6.42. The summed E-state index contributed by atoms with van der Waals surface area (Å²) < 4.78 is 12.3. The summed E-state index contributed by atoms with van der Waals surface area (Å²) in [5, 5.41) is 12.7. The van der Waals surface area contributed by atoms with Crippen molar-refractivity contribution in [3.05, 3.63) is 48.0 Å². The number of benzene rings is 2. The average Bonchev–Trinajstić information content (AvgIpc) is 3.49. The molecule has 1 atom stereocenters. The van der Waals surface area contributed by atoms with E-state index in [9.17, 15) is 4.79 Å². The van der Waals surface area contributed by atoms with Gasteiger partial charge >= 0.3 is 0 Å². The van der Waals surface area contributed by atoms with Crippen molar-refractivity contribution < 1.29 is 14.3 Å². The van der Waals surface area contributed by atoms with Crippen molar-refractivity contribution in [3.8, 4) is 16.3 Å². The van der Waals surface area contributed by atoms with E-state index in [0.717, 1.165) is 40.9 Å². The molecule has 1 amide bonds. The molecule has 6 nitrogen and oxygen atoms in total. The van der Waals surface area contributed by atoms with Gasteiger partial charge in [0.1, 0.15) is 11.4 Å². The SMILES string of the molecule is COc1cc2[nH]nc(-c3cc4ccccc4s3)c2cc1C(=O)NCC1CCCO1. The molecular weight excluding hydrogens is 386 g/mol. The molecule has 0 saturated carbocycles. The molecule has 0 spiro atoms. The van der Waals surface area contributed by atoms with Crippen molar-refractivity contribution in [3.63, 3.8) is 0 Å². The zero-order valence-corrected chi connectivity index (χ0v) is 16.8. The number of methoxy groups -OCH3 is 1. The molecule has 3 heterocycles. The number of thiophene rings is 1. The van der Waals surface area contributed by atoms with E-state index in [2.05, 4.69) is 33.7 Å². The molecule has 148 valence electrons. The highest BCUT2D eigenvalue weighted by molar-refractivity contribution is 7.22. The van der Waals surface area contributed by atoms with Crippen molar-refractivity contribution in [1.82, 2.24) is 15.5 Å². The summed E-state index contributed by atoms with van der Waals surface area (Å²) in [6.45, 7) is 1.28. The lowest BCUT2D eigenvalue weighted by Gasteiger charge is -2.13. The van der Waals surface area contributed by atoms with Crippen LogP contribution in [0.25, 0.3) is 31.6 Å². The fraction of sp³-hybridized carbons (Fsp3) is 0.273. The molecule has 5 rings (SSSR count). The number of rotatable bonds is 5. The van der Waals surface area contributed by atoms with Crippen molar-refractivity contribution in [2.75, 3.05) is 20.3 Å². The first-order valence-electron chi connectivity index (χ1n) is 9.68. The van der Waals surface area contributed by atoms with Crippen LogP contribution in [0.2, 0.25) is 0 Å². The number of aromatic amines is 1. The molecule has 1 saturated heterocycles. The van der Waals surface area contributed by atoms with Crippen molar-refractivity contribution in [2.45, 2.75) is 18.9 Å². The van der Waals surface area contributed by atoms with E-state index in [4.69, 9.17) is 9.47 Å². The van der Waals surface area contributed by atoms with E-state index in [1.165, 1.54) is 10.1 Å². The van der Waals surface area contributed by atoms with Gasteiger partial charge in [-0.05, 0) is 36.4 Å². The van der Waals surface area contributed by atoms with Crippen LogP contribution in [-0.2, 0) is 4.74 Å². The van der Waals surface area contributed by atoms with Crippen LogP contribution in [0.15, 0.2) is 42.5 Å². The van der Waals surface area contributed by atoms with Crippen LogP contribution >= 0.6 is 11.3 Å². The summed E-state index contributed by atoms with van der Waals surface area (Å²) in [7, 11) is 1.57. The highest BCUT2D eigenvalue weighted by atomic mass is 32.1. The number of ether oxygens (including phenoxy) is 2. The predicted octanol–water partition coefficient (Wildman–Crippen LogP) is 4.36. The monoisotopic (exact) mass is 407 g/mol. The Balaban J connectivity index is 1.52. The molecule has 1 fully saturated rings. The Morgan fingerprint density at radius 2 is 2.24 bits per heavy atom. The molecule has 2 N–H and O–H groups in total. The highest BCUT2D eigenvalue weighted by Gasteiger charge is 2.21. The summed E-state index contributed by atoms with van der Waals surface area (Å²) >= 11 is 1.69. The molecule has 7 heteroatoms. The lowest BCUT2D eigenvalue weighted by Crippen LogP contribution is -2.32. The topological polar surface area (TPSA) is 76.2 Å². The number of H-pyrrole nitrogens is 1. The van der Waals surface area contributed by atoms with Gasteiger partial charge in [0.2, 0.25) is 0 Å². The van der Waals surface area contributed by atoms with Crippen LogP contribution in [0.5, 0.6) is 5.75 Å². The highest BCUT2D eigenvalue weighted by Crippen LogP contribution is 2.37. The van der Waals surface area contributed by atoms with Gasteiger partial charge in [0.05, 0.1) is 29.2 Å². The van der Waals surface area contributed by atoms with Gasteiger partial charge in [-0.15, -0.1) is 11.3 Å². The summed E-state index contributed by atoms with van der Waals surface area (Å²) in [6, 6.07) is 14.1. The van der Waals surface area contributed by atoms with E-state index >= 15 is 0 Å². The maximum absolute atomic E-state index is 12.9. The summed E-state index contributed by atoms with van der Waals surface area (Å²) in [5.74, 6) is 0.358. The average molecular weight is 407 g/mol. The maximum Gasteiger partial charge on any atom is 0.255 e. The van der Waals surface area contributed by atoms with Gasteiger partial charge < -0.3 is 14.8 Å². The Labute approximate surface area is 171 Å². The van der Waals surface area contributed by atoms with Crippen LogP contribution in [0.3, 0.4) is 0 Å². The Bertz CT molecular complexity index is 1160. The van der Waals surface area contributed by atoms with Crippen molar-refractivity contribution in [2.24, 2.45) is 0 Å². The Kier molecular flexibility index (Phi) is 4.69. The van der Waals surface area contributed by atoms with E-state index in [-0.39, 0.29) is 12.0 Å². The van der Waals surface area contributed by atoms with E-state index in [1.54, 1.807) is 18.4 Å². The maximum atomic E-state index is 12.9. The van der Waals surface area contributed by atoms with Crippen molar-refractivity contribution >= 4 is 38.2 Å². The molecule has 4 aromatic rings. The number of hydrogen-bond donors (Lipinski definition) is 2. The Morgan fingerprint density at radius 3 is 3.03 bits per heavy atom. The van der Waals surface area contributed by atoms with Crippen LogP contribution in [0.4, 0.5) is 0 Å². The quantitative estimate of drug-likeness (QED) is 0.515. The van der Waals surface area contributed by atoms with Gasteiger partial charge in [-0.25, -0.2) is 0 Å². The third-order valence-electron chi connectivity index (χ3n) is 5.30. The van der Waals surface area contributed by atoms with Gasteiger partial charge in [0.15, 0.2) is 0 Å². The fourth-order valence-electron chi connectivity index (χ4n) is 3.78. The molecule has 2 aromatic carbocycles. The minimum Gasteiger partial charge on any atom is -0.496 e. The molecule has 0 aliphatic carbocycles. The number of carbonyl (C=O) groups excluding carboxylic acids is 1. The van der Waals surface area contributed by atoms with Crippen LogP contribution in [-0.4, -0.2) is 42.5 Å². The molecule has 1 aliphatic rings. The van der Waals surface area contributed by atoms with Gasteiger partial charge in [-0.1, -0.05) is 18.2 Å². The molecule has 1 unspecified atom stereocenters. The van der Waals surface area contributed by atoms with Gasteiger partial charge in [0.25, 0.3) is 5.91 Å². The fourth-order valence-corrected chi connectivity index (χ4v) is 4.85.